The summed E-state index contributed by atoms with van der Waals surface area (Å²) in [6.07, 6.45) is 1.42. The summed E-state index contributed by atoms with van der Waals surface area (Å²) >= 11 is 5.75. The van der Waals surface area contributed by atoms with E-state index < -0.39 is 10.0 Å². The van der Waals surface area contributed by atoms with Crippen LogP contribution in [0.4, 0.5) is 0 Å². The van der Waals surface area contributed by atoms with Crippen LogP contribution in [0.25, 0.3) is 0 Å². The van der Waals surface area contributed by atoms with Gasteiger partial charge in [-0.1, -0.05) is 11.6 Å². The molecule has 1 aliphatic rings. The SMILES string of the molecule is O=S(=O)(c1ccc(Cl)cc1)N1CCC(CO)CC1. The Morgan fingerprint density at radius 3 is 2.28 bits per heavy atom. The molecule has 0 bridgehead atoms. The number of aliphatic hydroxyl groups excluding tert-OH is 1. The van der Waals surface area contributed by atoms with Crippen LogP contribution in [-0.4, -0.2) is 37.5 Å². The lowest BCUT2D eigenvalue weighted by atomic mass is 10.00. The molecule has 0 atom stereocenters. The van der Waals surface area contributed by atoms with E-state index in [4.69, 9.17) is 16.7 Å². The van der Waals surface area contributed by atoms with Gasteiger partial charge in [-0.05, 0) is 43.0 Å². The zero-order chi connectivity index (χ0) is 13.2. The van der Waals surface area contributed by atoms with Crippen molar-refractivity contribution >= 4 is 21.6 Å². The van der Waals surface area contributed by atoms with Gasteiger partial charge in [0, 0.05) is 24.7 Å². The van der Waals surface area contributed by atoms with E-state index >= 15 is 0 Å². The fourth-order valence-corrected chi connectivity index (χ4v) is 3.68. The average molecular weight is 290 g/mol. The summed E-state index contributed by atoms with van der Waals surface area (Å²) in [5, 5.41) is 9.57. The van der Waals surface area contributed by atoms with Gasteiger partial charge < -0.3 is 5.11 Å². The molecule has 0 aliphatic carbocycles. The molecule has 0 unspecified atom stereocenters. The van der Waals surface area contributed by atoms with E-state index in [0.717, 1.165) is 0 Å². The van der Waals surface area contributed by atoms with E-state index in [1.165, 1.54) is 16.4 Å². The molecule has 0 spiro atoms. The molecule has 1 heterocycles. The van der Waals surface area contributed by atoms with Crippen molar-refractivity contribution in [1.29, 1.82) is 0 Å². The van der Waals surface area contributed by atoms with Gasteiger partial charge in [-0.3, -0.25) is 0 Å². The van der Waals surface area contributed by atoms with Crippen LogP contribution < -0.4 is 0 Å². The van der Waals surface area contributed by atoms with Crippen molar-refractivity contribution in [2.75, 3.05) is 19.7 Å². The first-order valence-corrected chi connectivity index (χ1v) is 7.72. The first kappa shape index (κ1) is 13.8. The van der Waals surface area contributed by atoms with Gasteiger partial charge in [-0.15, -0.1) is 0 Å². The Morgan fingerprint density at radius 1 is 1.22 bits per heavy atom. The van der Waals surface area contributed by atoms with Crippen molar-refractivity contribution in [3.05, 3.63) is 29.3 Å². The summed E-state index contributed by atoms with van der Waals surface area (Å²) in [5.41, 5.74) is 0. The molecule has 1 aliphatic heterocycles. The van der Waals surface area contributed by atoms with Crippen molar-refractivity contribution in [3.63, 3.8) is 0 Å². The number of piperidine rings is 1. The quantitative estimate of drug-likeness (QED) is 0.922. The van der Waals surface area contributed by atoms with Crippen LogP contribution in [0.5, 0.6) is 0 Å². The molecule has 0 radical (unpaired) electrons. The average Bonchev–Trinajstić information content (AvgIpc) is 2.39. The van der Waals surface area contributed by atoms with Gasteiger partial charge in [0.05, 0.1) is 4.90 Å². The third-order valence-corrected chi connectivity index (χ3v) is 5.45. The summed E-state index contributed by atoms with van der Waals surface area (Å²) in [7, 11) is -3.42. The summed E-state index contributed by atoms with van der Waals surface area (Å²) in [6, 6.07) is 6.20. The molecule has 100 valence electrons. The number of hydrogen-bond acceptors (Lipinski definition) is 3. The minimum atomic E-state index is -3.42. The normalized spacial score (nSPS) is 19.0. The van der Waals surface area contributed by atoms with E-state index in [-0.39, 0.29) is 17.4 Å². The molecule has 2 rings (SSSR count). The predicted octanol–water partition coefficient (Wildman–Crippen LogP) is 1.73. The zero-order valence-corrected chi connectivity index (χ0v) is 11.5. The predicted molar refractivity (Wildman–Crippen MR) is 70.0 cm³/mol. The van der Waals surface area contributed by atoms with Crippen LogP contribution in [0, 0.1) is 5.92 Å². The molecule has 1 N–H and O–H groups in total. The molecule has 0 aromatic heterocycles. The highest BCUT2D eigenvalue weighted by atomic mass is 35.5. The van der Waals surface area contributed by atoms with Gasteiger partial charge in [0.2, 0.25) is 10.0 Å². The lowest BCUT2D eigenvalue weighted by molar-refractivity contribution is 0.170. The lowest BCUT2D eigenvalue weighted by Crippen LogP contribution is -2.39. The zero-order valence-electron chi connectivity index (χ0n) is 9.92. The number of rotatable bonds is 3. The molecule has 4 nitrogen and oxygen atoms in total. The highest BCUT2D eigenvalue weighted by Gasteiger charge is 2.28. The summed E-state index contributed by atoms with van der Waals surface area (Å²) in [5.74, 6) is 0.224. The van der Waals surface area contributed by atoms with Gasteiger partial charge in [0.1, 0.15) is 0 Å². The smallest absolute Gasteiger partial charge is 0.243 e. The van der Waals surface area contributed by atoms with Crippen molar-refractivity contribution in [3.8, 4) is 0 Å². The highest BCUT2D eigenvalue weighted by molar-refractivity contribution is 7.89. The van der Waals surface area contributed by atoms with Crippen LogP contribution >= 0.6 is 11.6 Å². The number of hydrogen-bond donors (Lipinski definition) is 1. The molecule has 1 saturated heterocycles. The van der Waals surface area contributed by atoms with Crippen LogP contribution in [0.1, 0.15) is 12.8 Å². The minimum absolute atomic E-state index is 0.134. The maximum absolute atomic E-state index is 12.3. The topological polar surface area (TPSA) is 57.6 Å². The fraction of sp³-hybridized carbons (Fsp3) is 0.500. The number of halogens is 1. The molecule has 0 amide bonds. The van der Waals surface area contributed by atoms with Gasteiger partial charge >= 0.3 is 0 Å². The van der Waals surface area contributed by atoms with E-state index in [1.54, 1.807) is 12.1 Å². The second kappa shape index (κ2) is 5.57. The summed E-state index contributed by atoms with van der Waals surface area (Å²) in [4.78, 5) is 0.273. The van der Waals surface area contributed by atoms with Gasteiger partial charge in [0.15, 0.2) is 0 Å². The van der Waals surface area contributed by atoms with E-state index in [9.17, 15) is 8.42 Å². The van der Waals surface area contributed by atoms with Gasteiger partial charge in [-0.2, -0.15) is 4.31 Å². The third kappa shape index (κ3) is 2.85. The number of benzene rings is 1. The van der Waals surface area contributed by atoms with Crippen LogP contribution in [0.2, 0.25) is 5.02 Å². The fourth-order valence-electron chi connectivity index (χ4n) is 2.09. The molecule has 1 aromatic rings. The molecule has 1 aromatic carbocycles. The maximum Gasteiger partial charge on any atom is 0.243 e. The van der Waals surface area contributed by atoms with E-state index in [2.05, 4.69) is 0 Å². The van der Waals surface area contributed by atoms with Crippen LogP contribution in [-0.2, 0) is 10.0 Å². The Bertz CT molecular complexity index is 493. The monoisotopic (exact) mass is 289 g/mol. The van der Waals surface area contributed by atoms with E-state index in [0.29, 0.717) is 31.0 Å². The van der Waals surface area contributed by atoms with E-state index in [1.807, 2.05) is 0 Å². The van der Waals surface area contributed by atoms with Gasteiger partial charge in [-0.25, -0.2) is 8.42 Å². The highest BCUT2D eigenvalue weighted by Crippen LogP contribution is 2.24. The van der Waals surface area contributed by atoms with Gasteiger partial charge in [0.25, 0.3) is 0 Å². The Labute approximate surface area is 112 Å². The molecule has 6 heteroatoms. The second-order valence-electron chi connectivity index (χ2n) is 4.48. The standard InChI is InChI=1S/C12H16ClNO3S/c13-11-1-3-12(4-2-11)18(16,17)14-7-5-10(9-15)6-8-14/h1-4,10,15H,5-9H2. The number of sulfonamides is 1. The summed E-state index contributed by atoms with van der Waals surface area (Å²) < 4.78 is 26.1. The first-order chi connectivity index (χ1) is 8.54. The number of nitrogens with zero attached hydrogens (tertiary/aromatic N) is 1. The molecule has 0 saturated carbocycles. The summed E-state index contributed by atoms with van der Waals surface area (Å²) in [6.45, 7) is 1.07. The molecule has 18 heavy (non-hydrogen) atoms. The first-order valence-electron chi connectivity index (χ1n) is 5.90. The van der Waals surface area contributed by atoms with Crippen molar-refractivity contribution in [2.45, 2.75) is 17.7 Å². The van der Waals surface area contributed by atoms with Crippen molar-refractivity contribution in [1.82, 2.24) is 4.31 Å². The minimum Gasteiger partial charge on any atom is -0.396 e. The second-order valence-corrected chi connectivity index (χ2v) is 6.86. The Kier molecular flexibility index (Phi) is 4.27. The van der Waals surface area contributed by atoms with Crippen LogP contribution in [0.15, 0.2) is 29.2 Å². The molecular formula is C12H16ClNO3S. The lowest BCUT2D eigenvalue weighted by Gasteiger charge is -2.30. The molecular weight excluding hydrogens is 274 g/mol. The maximum atomic E-state index is 12.3. The Morgan fingerprint density at radius 2 is 1.78 bits per heavy atom. The number of aliphatic hydroxyl groups is 1. The Balaban J connectivity index is 2.15. The largest absolute Gasteiger partial charge is 0.396 e. The van der Waals surface area contributed by atoms with Crippen LogP contribution in [0.3, 0.4) is 0 Å². The molecule has 1 fully saturated rings. The Hall–Kier alpha value is -0.620. The van der Waals surface area contributed by atoms with Crippen molar-refractivity contribution < 1.29 is 13.5 Å². The third-order valence-electron chi connectivity index (χ3n) is 3.28. The van der Waals surface area contributed by atoms with Crippen molar-refractivity contribution in [2.24, 2.45) is 5.92 Å².